The van der Waals surface area contributed by atoms with Crippen molar-refractivity contribution >= 4 is 17.8 Å². The Kier molecular flexibility index (Phi) is 11.8. The number of hydrogen-bond acceptors (Lipinski definition) is 4. The molecule has 0 saturated heterocycles. The van der Waals surface area contributed by atoms with Crippen molar-refractivity contribution < 1.29 is 41.8 Å². The lowest BCUT2D eigenvalue weighted by Crippen LogP contribution is -2.33. The van der Waals surface area contributed by atoms with Crippen molar-refractivity contribution in [3.8, 4) is 16.9 Å². The van der Waals surface area contributed by atoms with Gasteiger partial charge in [0.25, 0.3) is 11.8 Å². The Morgan fingerprint density at radius 1 is 0.837 bits per heavy atom. The van der Waals surface area contributed by atoms with Crippen LogP contribution in [0.4, 0.5) is 17.6 Å². The number of nitrogens with one attached hydrogen (secondary N) is 2. The molecule has 0 heterocycles. The predicted octanol–water partition coefficient (Wildman–Crippen LogP) is 8.58. The van der Waals surface area contributed by atoms with Gasteiger partial charge in [-0.05, 0) is 97.0 Å². The standard InChI is InChI=1S/C38H38F4N2O5/c1-5-6-30(25-7-9-27(10-8-25)36(47)43-18-17-33(45)46)35(26-11-14-29(15-12-26)49-38(40,41)42)44-37(48)31-16-13-28(21-32(31)39)34-23(3)19-22(2)20-24(34)4/h7-16,19-21,30,35H,5-6,17-18H2,1-4H3,(H,43,47)(H,44,48)(H,45,46). The summed E-state index contributed by atoms with van der Waals surface area (Å²) >= 11 is 0. The number of carboxylic acids is 1. The summed E-state index contributed by atoms with van der Waals surface area (Å²) < 4.78 is 58.3. The molecule has 0 saturated carbocycles. The Morgan fingerprint density at radius 2 is 1.45 bits per heavy atom. The highest BCUT2D eigenvalue weighted by atomic mass is 19.4. The van der Waals surface area contributed by atoms with E-state index in [1.807, 2.05) is 39.8 Å². The SMILES string of the molecule is CCCC(c1ccc(C(=O)NCCC(=O)O)cc1)C(NC(=O)c1ccc(-c2c(C)cc(C)cc2C)cc1F)c1ccc(OC(F)(F)F)cc1. The van der Waals surface area contributed by atoms with E-state index in [0.29, 0.717) is 35.1 Å². The zero-order valence-electron chi connectivity index (χ0n) is 27.6. The number of benzene rings is 4. The van der Waals surface area contributed by atoms with Gasteiger partial charge in [0.1, 0.15) is 11.6 Å². The fourth-order valence-corrected chi connectivity index (χ4v) is 6.11. The third-order valence-electron chi connectivity index (χ3n) is 8.17. The molecule has 7 nitrogen and oxygen atoms in total. The maximum Gasteiger partial charge on any atom is 0.573 e. The second-order valence-corrected chi connectivity index (χ2v) is 12.0. The molecule has 4 rings (SSSR count). The van der Waals surface area contributed by atoms with Crippen molar-refractivity contribution in [2.24, 2.45) is 0 Å². The molecule has 0 aliphatic heterocycles. The van der Waals surface area contributed by atoms with Crippen molar-refractivity contribution in [1.82, 2.24) is 10.6 Å². The molecule has 0 spiro atoms. The van der Waals surface area contributed by atoms with E-state index < -0.39 is 47.7 Å². The second-order valence-electron chi connectivity index (χ2n) is 12.0. The van der Waals surface area contributed by atoms with E-state index in [2.05, 4.69) is 15.4 Å². The van der Waals surface area contributed by atoms with Crippen LogP contribution in [0, 0.1) is 26.6 Å². The van der Waals surface area contributed by atoms with E-state index in [-0.39, 0.29) is 18.5 Å². The largest absolute Gasteiger partial charge is 0.573 e. The first-order chi connectivity index (χ1) is 23.2. The lowest BCUT2D eigenvalue weighted by Gasteiger charge is -2.29. The molecule has 0 bridgehead atoms. The van der Waals surface area contributed by atoms with Gasteiger partial charge in [0, 0.05) is 18.0 Å². The molecule has 2 unspecified atom stereocenters. The van der Waals surface area contributed by atoms with Crippen molar-refractivity contribution in [2.45, 2.75) is 65.3 Å². The van der Waals surface area contributed by atoms with E-state index in [4.69, 9.17) is 5.11 Å². The van der Waals surface area contributed by atoms with Gasteiger partial charge in [-0.1, -0.05) is 61.4 Å². The van der Waals surface area contributed by atoms with E-state index in [1.165, 1.54) is 24.3 Å². The Morgan fingerprint density at radius 3 is 2.00 bits per heavy atom. The monoisotopic (exact) mass is 678 g/mol. The lowest BCUT2D eigenvalue weighted by atomic mass is 9.83. The van der Waals surface area contributed by atoms with E-state index in [1.54, 1.807) is 30.3 Å². The van der Waals surface area contributed by atoms with E-state index in [0.717, 1.165) is 34.4 Å². The normalized spacial score (nSPS) is 12.6. The van der Waals surface area contributed by atoms with Gasteiger partial charge in [0.05, 0.1) is 18.0 Å². The van der Waals surface area contributed by atoms with Crippen molar-refractivity contribution in [2.75, 3.05) is 6.54 Å². The Balaban J connectivity index is 1.68. The number of carbonyl (C=O) groups is 3. The van der Waals surface area contributed by atoms with Gasteiger partial charge in [0.15, 0.2) is 0 Å². The van der Waals surface area contributed by atoms with Crippen LogP contribution in [0.2, 0.25) is 0 Å². The molecule has 2 atom stereocenters. The Labute approximate surface area is 282 Å². The summed E-state index contributed by atoms with van der Waals surface area (Å²) in [5.41, 5.74) is 5.78. The van der Waals surface area contributed by atoms with Crippen LogP contribution in [0.15, 0.2) is 78.9 Å². The fourth-order valence-electron chi connectivity index (χ4n) is 6.11. The molecule has 11 heteroatoms. The number of amides is 2. The molecular formula is C38H38F4N2O5. The van der Waals surface area contributed by atoms with E-state index in [9.17, 15) is 27.6 Å². The van der Waals surface area contributed by atoms with Crippen LogP contribution >= 0.6 is 0 Å². The topological polar surface area (TPSA) is 105 Å². The zero-order chi connectivity index (χ0) is 35.9. The summed E-state index contributed by atoms with van der Waals surface area (Å²) in [5, 5.41) is 14.3. The number of aryl methyl sites for hydroxylation is 3. The van der Waals surface area contributed by atoms with Crippen LogP contribution in [-0.4, -0.2) is 35.8 Å². The maximum atomic E-state index is 15.7. The van der Waals surface area contributed by atoms with Gasteiger partial charge in [-0.25, -0.2) is 4.39 Å². The molecule has 0 fully saturated rings. The molecule has 49 heavy (non-hydrogen) atoms. The zero-order valence-corrected chi connectivity index (χ0v) is 27.6. The number of carbonyl (C=O) groups excluding carboxylic acids is 2. The number of rotatable bonds is 13. The summed E-state index contributed by atoms with van der Waals surface area (Å²) in [4.78, 5) is 37.1. The van der Waals surface area contributed by atoms with E-state index >= 15 is 4.39 Å². The van der Waals surface area contributed by atoms with Crippen LogP contribution < -0.4 is 15.4 Å². The first-order valence-electron chi connectivity index (χ1n) is 15.8. The minimum atomic E-state index is -4.89. The summed E-state index contributed by atoms with van der Waals surface area (Å²) in [6.45, 7) is 7.75. The van der Waals surface area contributed by atoms with Crippen LogP contribution in [0.5, 0.6) is 5.75 Å². The highest BCUT2D eigenvalue weighted by Gasteiger charge is 2.32. The number of aliphatic carboxylic acids is 1. The lowest BCUT2D eigenvalue weighted by molar-refractivity contribution is -0.274. The van der Waals surface area contributed by atoms with Gasteiger partial charge in [-0.2, -0.15) is 0 Å². The third-order valence-corrected chi connectivity index (χ3v) is 8.17. The second kappa shape index (κ2) is 15.8. The average Bonchev–Trinajstić information content (AvgIpc) is 3.02. The molecular weight excluding hydrogens is 640 g/mol. The van der Waals surface area contributed by atoms with Crippen LogP contribution in [0.3, 0.4) is 0 Å². The van der Waals surface area contributed by atoms with Gasteiger partial charge < -0.3 is 20.5 Å². The average molecular weight is 679 g/mol. The quantitative estimate of drug-likeness (QED) is 0.123. The highest BCUT2D eigenvalue weighted by Crippen LogP contribution is 2.37. The number of hydrogen-bond donors (Lipinski definition) is 3. The van der Waals surface area contributed by atoms with Crippen LogP contribution in [-0.2, 0) is 4.79 Å². The summed E-state index contributed by atoms with van der Waals surface area (Å²) in [7, 11) is 0. The molecule has 0 radical (unpaired) electrons. The van der Waals surface area contributed by atoms with Crippen LogP contribution in [0.1, 0.15) is 86.7 Å². The minimum absolute atomic E-state index is 0.0433. The number of halogens is 4. The third kappa shape index (κ3) is 9.68. The highest BCUT2D eigenvalue weighted by molar-refractivity contribution is 5.96. The first kappa shape index (κ1) is 36.6. The number of carboxylic acid groups (broad SMARTS) is 1. The summed E-state index contributed by atoms with van der Waals surface area (Å²) in [6, 6.07) is 19.3. The molecule has 0 aliphatic rings. The number of ether oxygens (including phenoxy) is 1. The molecule has 258 valence electrons. The molecule has 2 amide bonds. The van der Waals surface area contributed by atoms with Crippen molar-refractivity contribution in [3.05, 3.63) is 124 Å². The molecule has 4 aromatic rings. The number of alkyl halides is 3. The first-order valence-corrected chi connectivity index (χ1v) is 15.8. The van der Waals surface area contributed by atoms with Gasteiger partial charge in [-0.3, -0.25) is 14.4 Å². The van der Waals surface area contributed by atoms with Gasteiger partial charge >= 0.3 is 12.3 Å². The van der Waals surface area contributed by atoms with Crippen molar-refractivity contribution in [3.63, 3.8) is 0 Å². The van der Waals surface area contributed by atoms with Crippen molar-refractivity contribution in [1.29, 1.82) is 0 Å². The molecule has 4 aromatic carbocycles. The molecule has 3 N–H and O–H groups in total. The van der Waals surface area contributed by atoms with Gasteiger partial charge in [-0.15, -0.1) is 13.2 Å². The van der Waals surface area contributed by atoms with Gasteiger partial charge in [0.2, 0.25) is 0 Å². The maximum absolute atomic E-state index is 15.7. The molecule has 0 aliphatic carbocycles. The summed E-state index contributed by atoms with van der Waals surface area (Å²) in [6.07, 6.45) is -3.95. The predicted molar refractivity (Wildman–Crippen MR) is 178 cm³/mol. The fraction of sp³-hybridized carbons (Fsp3) is 0.289. The minimum Gasteiger partial charge on any atom is -0.481 e. The molecule has 0 aromatic heterocycles. The summed E-state index contributed by atoms with van der Waals surface area (Å²) in [5.74, 6) is -3.82. The smallest absolute Gasteiger partial charge is 0.481 e. The Bertz CT molecular complexity index is 1780. The Hall–Kier alpha value is -5.19. The van der Waals surface area contributed by atoms with Crippen LogP contribution in [0.25, 0.3) is 11.1 Å².